The molecule has 3 heteroatoms. The van der Waals surface area contributed by atoms with Gasteiger partial charge in [-0.2, -0.15) is 0 Å². The highest BCUT2D eigenvalue weighted by Gasteiger charge is 2.20. The molecule has 3 nitrogen and oxygen atoms in total. The molecule has 0 saturated heterocycles. The second-order valence-corrected chi connectivity index (χ2v) is 6.51. The van der Waals surface area contributed by atoms with Crippen LogP contribution < -0.4 is 0 Å². The highest BCUT2D eigenvalue weighted by molar-refractivity contribution is 5.92. The van der Waals surface area contributed by atoms with Crippen LogP contribution in [0.4, 0.5) is 0 Å². The molecule has 3 rings (SSSR count). The number of rotatable bonds is 3. The van der Waals surface area contributed by atoms with Crippen molar-refractivity contribution in [3.05, 3.63) is 53.6 Å². The van der Waals surface area contributed by atoms with Crippen molar-refractivity contribution in [1.82, 2.24) is 14.8 Å². The van der Waals surface area contributed by atoms with E-state index in [4.69, 9.17) is 0 Å². The summed E-state index contributed by atoms with van der Waals surface area (Å²) in [6.07, 6.45) is 0. The maximum absolute atomic E-state index is 4.46. The molecule has 3 aromatic rings. The highest BCUT2D eigenvalue weighted by atomic mass is 15.3. The molecule has 0 fully saturated rings. The van der Waals surface area contributed by atoms with Crippen LogP contribution in [0.3, 0.4) is 0 Å². The molecule has 0 aliphatic carbocycles. The van der Waals surface area contributed by atoms with Gasteiger partial charge in [-0.1, -0.05) is 58.0 Å². The van der Waals surface area contributed by atoms with Gasteiger partial charge in [0.2, 0.25) is 0 Å². The zero-order valence-corrected chi connectivity index (χ0v) is 14.0. The maximum atomic E-state index is 4.46. The van der Waals surface area contributed by atoms with E-state index in [1.165, 1.54) is 22.0 Å². The van der Waals surface area contributed by atoms with E-state index >= 15 is 0 Å². The van der Waals surface area contributed by atoms with Crippen molar-refractivity contribution in [2.75, 3.05) is 0 Å². The molecule has 0 bridgehead atoms. The number of hydrogen-bond donors (Lipinski definition) is 0. The lowest BCUT2D eigenvalue weighted by atomic mass is 10.0. The first-order chi connectivity index (χ1) is 10.5. The van der Waals surface area contributed by atoms with Crippen LogP contribution in [0.1, 0.15) is 56.7 Å². The van der Waals surface area contributed by atoms with Crippen molar-refractivity contribution in [3.8, 4) is 5.69 Å². The molecule has 2 aromatic carbocycles. The molecule has 0 radical (unpaired) electrons. The summed E-state index contributed by atoms with van der Waals surface area (Å²) >= 11 is 0. The van der Waals surface area contributed by atoms with Crippen molar-refractivity contribution >= 4 is 10.8 Å². The van der Waals surface area contributed by atoms with Crippen LogP contribution in [-0.4, -0.2) is 14.8 Å². The average Bonchev–Trinajstić information content (AvgIpc) is 2.93. The van der Waals surface area contributed by atoms with Gasteiger partial charge in [0, 0.05) is 17.2 Å². The van der Waals surface area contributed by atoms with E-state index in [1.54, 1.807) is 0 Å². The lowest BCUT2D eigenvalue weighted by Crippen LogP contribution is -2.08. The fourth-order valence-corrected chi connectivity index (χ4v) is 2.93. The third-order valence-electron chi connectivity index (χ3n) is 4.11. The van der Waals surface area contributed by atoms with Gasteiger partial charge >= 0.3 is 0 Å². The molecule has 0 spiro atoms. The Labute approximate surface area is 132 Å². The van der Waals surface area contributed by atoms with Crippen molar-refractivity contribution in [2.45, 2.75) is 46.5 Å². The Hall–Kier alpha value is -2.16. The molecule has 0 atom stereocenters. The Morgan fingerprint density at radius 1 is 0.773 bits per heavy atom. The number of fused-ring (bicyclic) bond motifs is 1. The minimum absolute atomic E-state index is 0.333. The Balaban J connectivity index is 2.37. The summed E-state index contributed by atoms with van der Waals surface area (Å²) in [7, 11) is 0. The normalized spacial score (nSPS) is 11.8. The summed E-state index contributed by atoms with van der Waals surface area (Å²) < 4.78 is 2.25. The van der Waals surface area contributed by atoms with Gasteiger partial charge in [-0.3, -0.25) is 4.57 Å². The van der Waals surface area contributed by atoms with Gasteiger partial charge < -0.3 is 0 Å². The number of aryl methyl sites for hydroxylation is 1. The van der Waals surface area contributed by atoms with E-state index in [-0.39, 0.29) is 0 Å². The number of benzene rings is 2. The molecule has 0 amide bonds. The van der Waals surface area contributed by atoms with Gasteiger partial charge in [-0.25, -0.2) is 0 Å². The van der Waals surface area contributed by atoms with Gasteiger partial charge in [0.1, 0.15) is 11.6 Å². The standard InChI is InChI=1S/C19H23N3/c1-12(2)18-20-21-19(13(3)4)22(18)17-11-10-14(5)15-8-6-7-9-16(15)17/h6-13H,1-5H3. The zero-order chi connectivity index (χ0) is 15.9. The summed E-state index contributed by atoms with van der Waals surface area (Å²) in [6, 6.07) is 12.9. The van der Waals surface area contributed by atoms with E-state index in [9.17, 15) is 0 Å². The van der Waals surface area contributed by atoms with E-state index in [0.717, 1.165) is 11.6 Å². The largest absolute Gasteiger partial charge is 0.282 e. The van der Waals surface area contributed by atoms with Gasteiger partial charge in [0.15, 0.2) is 0 Å². The quantitative estimate of drug-likeness (QED) is 0.682. The third kappa shape index (κ3) is 2.31. The maximum Gasteiger partial charge on any atom is 0.140 e. The fourth-order valence-electron chi connectivity index (χ4n) is 2.93. The van der Waals surface area contributed by atoms with Crippen molar-refractivity contribution in [1.29, 1.82) is 0 Å². The lowest BCUT2D eigenvalue weighted by molar-refractivity contribution is 0.711. The molecule has 0 saturated carbocycles. The smallest absolute Gasteiger partial charge is 0.140 e. The van der Waals surface area contributed by atoms with Gasteiger partial charge in [0.25, 0.3) is 0 Å². The Kier molecular flexibility index (Phi) is 3.73. The topological polar surface area (TPSA) is 30.7 Å². The number of hydrogen-bond acceptors (Lipinski definition) is 2. The monoisotopic (exact) mass is 293 g/mol. The summed E-state index contributed by atoms with van der Waals surface area (Å²) in [5, 5.41) is 11.5. The van der Waals surface area contributed by atoms with Crippen LogP contribution in [0.15, 0.2) is 36.4 Å². The molecule has 1 heterocycles. The predicted octanol–water partition coefficient (Wildman–Crippen LogP) is 4.98. The first-order valence-electron chi connectivity index (χ1n) is 7.94. The van der Waals surface area contributed by atoms with Gasteiger partial charge in [-0.05, 0) is 23.9 Å². The molecule has 0 aliphatic rings. The van der Waals surface area contributed by atoms with Crippen LogP contribution in [0.25, 0.3) is 16.5 Å². The third-order valence-corrected chi connectivity index (χ3v) is 4.11. The van der Waals surface area contributed by atoms with E-state index in [0.29, 0.717) is 11.8 Å². The summed E-state index contributed by atoms with van der Waals surface area (Å²) in [5.41, 5.74) is 2.48. The molecular weight excluding hydrogens is 270 g/mol. The fraction of sp³-hybridized carbons (Fsp3) is 0.368. The van der Waals surface area contributed by atoms with Crippen LogP contribution >= 0.6 is 0 Å². The molecule has 114 valence electrons. The molecule has 22 heavy (non-hydrogen) atoms. The molecular formula is C19H23N3. The van der Waals surface area contributed by atoms with Gasteiger partial charge in [-0.15, -0.1) is 10.2 Å². The summed E-state index contributed by atoms with van der Waals surface area (Å²) in [4.78, 5) is 0. The molecule has 0 aliphatic heterocycles. The minimum atomic E-state index is 0.333. The highest BCUT2D eigenvalue weighted by Crippen LogP contribution is 2.30. The second kappa shape index (κ2) is 5.56. The van der Waals surface area contributed by atoms with E-state index in [2.05, 4.69) is 85.8 Å². The van der Waals surface area contributed by atoms with Crippen LogP contribution in [0.5, 0.6) is 0 Å². The van der Waals surface area contributed by atoms with Crippen LogP contribution in [0, 0.1) is 6.92 Å². The summed E-state index contributed by atoms with van der Waals surface area (Å²) in [6.45, 7) is 10.8. The zero-order valence-electron chi connectivity index (χ0n) is 14.0. The first-order valence-corrected chi connectivity index (χ1v) is 7.94. The Morgan fingerprint density at radius 3 is 1.86 bits per heavy atom. The Morgan fingerprint density at radius 2 is 1.32 bits per heavy atom. The average molecular weight is 293 g/mol. The van der Waals surface area contributed by atoms with E-state index in [1.807, 2.05) is 0 Å². The predicted molar refractivity (Wildman–Crippen MR) is 91.8 cm³/mol. The number of aromatic nitrogens is 3. The van der Waals surface area contributed by atoms with Crippen LogP contribution in [-0.2, 0) is 0 Å². The lowest BCUT2D eigenvalue weighted by Gasteiger charge is -2.17. The van der Waals surface area contributed by atoms with Crippen molar-refractivity contribution < 1.29 is 0 Å². The van der Waals surface area contributed by atoms with E-state index < -0.39 is 0 Å². The molecule has 1 aromatic heterocycles. The minimum Gasteiger partial charge on any atom is -0.282 e. The van der Waals surface area contributed by atoms with Crippen LogP contribution in [0.2, 0.25) is 0 Å². The van der Waals surface area contributed by atoms with Crippen molar-refractivity contribution in [2.24, 2.45) is 0 Å². The number of nitrogens with zero attached hydrogens (tertiary/aromatic N) is 3. The second-order valence-electron chi connectivity index (χ2n) is 6.51. The van der Waals surface area contributed by atoms with Crippen molar-refractivity contribution in [3.63, 3.8) is 0 Å². The van der Waals surface area contributed by atoms with Gasteiger partial charge in [0.05, 0.1) is 5.69 Å². The molecule has 0 unspecified atom stereocenters. The Bertz CT molecular complexity index is 787. The SMILES string of the molecule is Cc1ccc(-n2c(C(C)C)nnc2C(C)C)c2ccccc12. The summed E-state index contributed by atoms with van der Waals surface area (Å²) in [5.74, 6) is 2.72. The first kappa shape index (κ1) is 14.8. The molecule has 0 N–H and O–H groups in total.